The molecule has 1 fully saturated rings. The predicted octanol–water partition coefficient (Wildman–Crippen LogP) is 5.38. The van der Waals surface area contributed by atoms with Crippen LogP contribution in [0.5, 0.6) is 0 Å². The monoisotopic (exact) mass is 340 g/mol. The lowest BCUT2D eigenvalue weighted by Gasteiger charge is -2.33. The molecule has 0 spiro atoms. The van der Waals surface area contributed by atoms with Crippen molar-refractivity contribution in [3.63, 3.8) is 0 Å². The van der Waals surface area contributed by atoms with Crippen LogP contribution in [0.2, 0.25) is 0 Å². The Morgan fingerprint density at radius 3 is 2.85 bits per heavy atom. The summed E-state index contributed by atoms with van der Waals surface area (Å²) in [5.74, 6) is 0.987. The number of nitrogens with zero attached hydrogens (tertiary/aromatic N) is 2. The van der Waals surface area contributed by atoms with Crippen molar-refractivity contribution >= 4 is 27.8 Å². The van der Waals surface area contributed by atoms with Crippen LogP contribution < -0.4 is 4.90 Å². The molecule has 2 aliphatic heterocycles. The first-order valence-electron chi connectivity index (χ1n) is 9.36. The quantitative estimate of drug-likeness (QED) is 0.466. The summed E-state index contributed by atoms with van der Waals surface area (Å²) in [6, 6.07) is 17.9. The molecule has 4 heterocycles. The molecule has 2 aliphatic rings. The predicted molar refractivity (Wildman–Crippen MR) is 105 cm³/mol. The van der Waals surface area contributed by atoms with Crippen molar-refractivity contribution in [1.82, 2.24) is 4.98 Å². The number of rotatable bonds is 1. The second-order valence-electron chi connectivity index (χ2n) is 7.72. The third-order valence-corrected chi connectivity index (χ3v) is 6.49. The van der Waals surface area contributed by atoms with Gasteiger partial charge in [0.1, 0.15) is 5.58 Å². The van der Waals surface area contributed by atoms with Crippen LogP contribution in [0.4, 0.5) is 5.69 Å². The van der Waals surface area contributed by atoms with Gasteiger partial charge < -0.3 is 9.32 Å². The topological polar surface area (TPSA) is 29.3 Å². The fraction of sp³-hybridized carbons (Fsp3) is 0.261. The normalized spacial score (nSPS) is 23.9. The molecule has 0 N–H and O–H groups in total. The van der Waals surface area contributed by atoms with Crippen molar-refractivity contribution in [2.24, 2.45) is 0 Å². The molecule has 4 aromatic rings. The van der Waals surface area contributed by atoms with Crippen molar-refractivity contribution in [2.75, 3.05) is 11.4 Å². The largest absolute Gasteiger partial charge is 0.437 e. The second-order valence-corrected chi connectivity index (χ2v) is 7.72. The third kappa shape index (κ3) is 1.66. The van der Waals surface area contributed by atoms with Crippen molar-refractivity contribution in [1.29, 1.82) is 0 Å². The Kier molecular flexibility index (Phi) is 2.70. The first-order chi connectivity index (χ1) is 12.7. The molecule has 0 saturated carbocycles. The molecule has 1 saturated heterocycles. The van der Waals surface area contributed by atoms with Crippen LogP contribution in [0.25, 0.3) is 22.1 Å². The second kappa shape index (κ2) is 4.88. The molecule has 0 amide bonds. The van der Waals surface area contributed by atoms with Gasteiger partial charge in [-0.3, -0.25) is 0 Å². The Labute approximate surface area is 152 Å². The van der Waals surface area contributed by atoms with Gasteiger partial charge in [0.2, 0.25) is 5.71 Å². The van der Waals surface area contributed by atoms with Crippen LogP contribution in [0.3, 0.4) is 0 Å². The lowest BCUT2D eigenvalue weighted by atomic mass is 9.77. The number of aryl methyl sites for hydroxylation is 1. The van der Waals surface area contributed by atoms with E-state index in [1.54, 1.807) is 6.20 Å². The highest BCUT2D eigenvalue weighted by Crippen LogP contribution is 2.55. The average molecular weight is 340 g/mol. The fourth-order valence-electron chi connectivity index (χ4n) is 5.34. The van der Waals surface area contributed by atoms with Gasteiger partial charge in [-0.15, -0.1) is 0 Å². The molecular weight excluding hydrogens is 320 g/mol. The average Bonchev–Trinajstić information content (AvgIpc) is 3.32. The summed E-state index contributed by atoms with van der Waals surface area (Å²) in [6.45, 7) is 5.69. The number of hydrogen-bond acceptors (Lipinski definition) is 3. The highest BCUT2D eigenvalue weighted by Gasteiger charge is 2.48. The summed E-state index contributed by atoms with van der Waals surface area (Å²) in [5, 5.41) is 2.30. The van der Waals surface area contributed by atoms with E-state index >= 15 is 0 Å². The Balaban J connectivity index is 1.63. The standard InChI is InChI=1S/C23H20N2O/c1-13-9-10-16-17-7-5-11-24-23(17)26-22(16)20(13)21-14(2)25-12-18(21)15-6-3-4-8-19(15)25/h3-11,14,18,21H,12H2,1-2H3. The number of benzene rings is 2. The minimum absolute atomic E-state index is 0.453. The number of aromatic nitrogens is 1. The van der Waals surface area contributed by atoms with Crippen molar-refractivity contribution < 1.29 is 4.42 Å². The van der Waals surface area contributed by atoms with E-state index in [0.29, 0.717) is 17.9 Å². The number of anilines is 1. The van der Waals surface area contributed by atoms with Gasteiger partial charge in [0.15, 0.2) is 0 Å². The van der Waals surface area contributed by atoms with E-state index in [1.807, 2.05) is 6.07 Å². The Morgan fingerprint density at radius 2 is 1.92 bits per heavy atom. The summed E-state index contributed by atoms with van der Waals surface area (Å²) in [4.78, 5) is 7.01. The zero-order chi connectivity index (χ0) is 17.4. The maximum Gasteiger partial charge on any atom is 0.227 e. The van der Waals surface area contributed by atoms with Gasteiger partial charge in [-0.25, -0.2) is 4.98 Å². The lowest BCUT2D eigenvalue weighted by molar-refractivity contribution is 0.556. The van der Waals surface area contributed by atoms with E-state index in [9.17, 15) is 0 Å². The number of hydrogen-bond donors (Lipinski definition) is 0. The molecule has 2 bridgehead atoms. The number of furan rings is 1. The van der Waals surface area contributed by atoms with Crippen LogP contribution >= 0.6 is 0 Å². The number of para-hydroxylation sites is 1. The minimum atomic E-state index is 0.453. The van der Waals surface area contributed by atoms with E-state index in [4.69, 9.17) is 4.42 Å². The first-order valence-corrected chi connectivity index (χ1v) is 9.36. The Morgan fingerprint density at radius 1 is 1.04 bits per heavy atom. The van der Waals surface area contributed by atoms with Gasteiger partial charge in [0.05, 0.1) is 0 Å². The van der Waals surface area contributed by atoms with E-state index in [0.717, 1.165) is 23.2 Å². The van der Waals surface area contributed by atoms with E-state index < -0.39 is 0 Å². The van der Waals surface area contributed by atoms with Crippen LogP contribution in [0.1, 0.15) is 35.4 Å². The molecule has 2 aromatic carbocycles. The van der Waals surface area contributed by atoms with Crippen LogP contribution in [0.15, 0.2) is 59.1 Å². The summed E-state index contributed by atoms with van der Waals surface area (Å²) < 4.78 is 6.29. The van der Waals surface area contributed by atoms with Gasteiger partial charge in [-0.1, -0.05) is 30.3 Å². The zero-order valence-corrected chi connectivity index (χ0v) is 14.9. The van der Waals surface area contributed by atoms with Gasteiger partial charge in [-0.05, 0) is 43.2 Å². The van der Waals surface area contributed by atoms with E-state index in [2.05, 4.69) is 66.2 Å². The maximum atomic E-state index is 6.29. The third-order valence-electron chi connectivity index (χ3n) is 6.49. The molecule has 0 aliphatic carbocycles. The molecule has 3 atom stereocenters. The molecule has 6 rings (SSSR count). The molecular formula is C23H20N2O. The van der Waals surface area contributed by atoms with Crippen LogP contribution in [-0.2, 0) is 0 Å². The highest BCUT2D eigenvalue weighted by molar-refractivity contribution is 6.05. The first kappa shape index (κ1) is 14.4. The fourth-order valence-corrected chi connectivity index (χ4v) is 5.34. The number of fused-ring (bicyclic) bond motifs is 8. The molecule has 3 nitrogen and oxygen atoms in total. The van der Waals surface area contributed by atoms with Gasteiger partial charge in [-0.2, -0.15) is 0 Å². The molecule has 26 heavy (non-hydrogen) atoms. The van der Waals surface area contributed by atoms with Crippen molar-refractivity contribution in [3.8, 4) is 0 Å². The minimum Gasteiger partial charge on any atom is -0.437 e. The number of pyridine rings is 1. The molecule has 3 unspecified atom stereocenters. The van der Waals surface area contributed by atoms with E-state index in [1.165, 1.54) is 27.8 Å². The summed E-state index contributed by atoms with van der Waals surface area (Å²) in [5.41, 5.74) is 7.36. The summed E-state index contributed by atoms with van der Waals surface area (Å²) in [6.07, 6.45) is 1.80. The van der Waals surface area contributed by atoms with Crippen molar-refractivity contribution in [3.05, 3.63) is 71.4 Å². The zero-order valence-electron chi connectivity index (χ0n) is 14.9. The van der Waals surface area contributed by atoms with Gasteiger partial charge in [0.25, 0.3) is 0 Å². The summed E-state index contributed by atoms with van der Waals surface area (Å²) >= 11 is 0. The molecule has 128 valence electrons. The summed E-state index contributed by atoms with van der Waals surface area (Å²) in [7, 11) is 0. The highest BCUT2D eigenvalue weighted by atomic mass is 16.3. The Hall–Kier alpha value is -2.81. The molecule has 2 aromatic heterocycles. The molecule has 3 heteroatoms. The van der Waals surface area contributed by atoms with Crippen molar-refractivity contribution in [2.45, 2.75) is 31.7 Å². The Bertz CT molecular complexity index is 1180. The van der Waals surface area contributed by atoms with E-state index in [-0.39, 0.29) is 0 Å². The van der Waals surface area contributed by atoms with Crippen LogP contribution in [-0.4, -0.2) is 17.6 Å². The maximum absolute atomic E-state index is 6.29. The smallest absolute Gasteiger partial charge is 0.227 e. The molecule has 0 radical (unpaired) electrons. The van der Waals surface area contributed by atoms with Gasteiger partial charge >= 0.3 is 0 Å². The SMILES string of the molecule is Cc1ccc2c(oc3ncccc32)c1C1C2CN(c3ccccc32)C1C. The van der Waals surface area contributed by atoms with Crippen LogP contribution in [0, 0.1) is 6.92 Å². The lowest BCUT2D eigenvalue weighted by Crippen LogP contribution is -2.31. The van der Waals surface area contributed by atoms with Gasteiger partial charge in [0, 0.05) is 52.6 Å².